The molecule has 1 aliphatic heterocycles. The Morgan fingerprint density at radius 2 is 2.04 bits per heavy atom. The summed E-state index contributed by atoms with van der Waals surface area (Å²) in [6.07, 6.45) is 2.53. The zero-order valence-corrected chi connectivity index (χ0v) is 15.7. The number of carbonyl (C=O) groups is 1. The number of hydrogen-bond donors (Lipinski definition) is 1. The Morgan fingerprint density at radius 3 is 2.69 bits per heavy atom. The molecule has 1 aromatic carbocycles. The van der Waals surface area contributed by atoms with Gasteiger partial charge in [-0.05, 0) is 31.4 Å². The number of sulfonamides is 1. The fourth-order valence-corrected chi connectivity index (χ4v) is 4.10. The van der Waals surface area contributed by atoms with Gasteiger partial charge in [0.05, 0.1) is 11.4 Å². The summed E-state index contributed by atoms with van der Waals surface area (Å²) < 4.78 is 32.8. The fourth-order valence-electron chi connectivity index (χ4n) is 2.86. The van der Waals surface area contributed by atoms with Crippen molar-refractivity contribution in [1.29, 1.82) is 0 Å². The van der Waals surface area contributed by atoms with Crippen LogP contribution in [-0.4, -0.2) is 49.0 Å². The van der Waals surface area contributed by atoms with Crippen molar-refractivity contribution in [2.24, 2.45) is 0 Å². The molecule has 1 saturated heterocycles. The average molecular weight is 378 g/mol. The summed E-state index contributed by atoms with van der Waals surface area (Å²) in [6, 6.07) is 4.94. The highest BCUT2D eigenvalue weighted by Gasteiger charge is 2.23. The van der Waals surface area contributed by atoms with Gasteiger partial charge in [-0.25, -0.2) is 13.1 Å². The Bertz CT molecular complexity index is 901. The Morgan fingerprint density at radius 1 is 1.31 bits per heavy atom. The Hall–Kier alpha value is -2.26. The van der Waals surface area contributed by atoms with E-state index < -0.39 is 10.0 Å². The average Bonchev–Trinajstić information content (AvgIpc) is 3.31. The van der Waals surface area contributed by atoms with Crippen molar-refractivity contribution in [2.75, 3.05) is 19.6 Å². The summed E-state index contributed by atoms with van der Waals surface area (Å²) in [5, 5.41) is 3.87. The zero-order chi connectivity index (χ0) is 18.7. The quantitative estimate of drug-likeness (QED) is 0.817. The number of likely N-dealkylation sites (tertiary alicyclic amines) is 1. The second-order valence-electron chi connectivity index (χ2n) is 6.26. The van der Waals surface area contributed by atoms with Gasteiger partial charge in [0.15, 0.2) is 0 Å². The summed E-state index contributed by atoms with van der Waals surface area (Å²) in [5.41, 5.74) is 1.12. The van der Waals surface area contributed by atoms with E-state index in [4.69, 9.17) is 4.52 Å². The maximum Gasteiger partial charge on any atom is 0.241 e. The zero-order valence-electron chi connectivity index (χ0n) is 14.9. The molecule has 2 heterocycles. The van der Waals surface area contributed by atoms with Crippen molar-refractivity contribution in [2.45, 2.75) is 38.0 Å². The largest absolute Gasteiger partial charge is 0.342 e. The second kappa shape index (κ2) is 7.55. The van der Waals surface area contributed by atoms with Crippen LogP contribution in [0.2, 0.25) is 0 Å². The molecule has 0 bridgehead atoms. The van der Waals surface area contributed by atoms with Crippen molar-refractivity contribution in [1.82, 2.24) is 19.8 Å². The van der Waals surface area contributed by atoms with Gasteiger partial charge in [0.25, 0.3) is 0 Å². The number of hydrogen-bond acceptors (Lipinski definition) is 6. The molecule has 0 atom stereocenters. The number of nitrogens with one attached hydrogen (secondary N) is 1. The number of amides is 1. The lowest BCUT2D eigenvalue weighted by molar-refractivity contribution is -0.128. The van der Waals surface area contributed by atoms with Crippen LogP contribution in [0.1, 0.15) is 31.2 Å². The highest BCUT2D eigenvalue weighted by atomic mass is 32.2. The first-order chi connectivity index (χ1) is 12.4. The minimum atomic E-state index is -3.83. The number of nitrogens with zero attached hydrogens (tertiary/aromatic N) is 3. The summed E-state index contributed by atoms with van der Waals surface area (Å²) >= 11 is 0. The molecule has 8 nitrogen and oxygen atoms in total. The van der Waals surface area contributed by atoms with E-state index in [1.54, 1.807) is 24.0 Å². The van der Waals surface area contributed by atoms with E-state index in [9.17, 15) is 13.2 Å². The third kappa shape index (κ3) is 3.94. The molecule has 1 aliphatic rings. The molecule has 1 amide bonds. The Kier molecular flexibility index (Phi) is 5.38. The van der Waals surface area contributed by atoms with Gasteiger partial charge < -0.3 is 9.42 Å². The van der Waals surface area contributed by atoms with Crippen molar-refractivity contribution < 1.29 is 17.7 Å². The van der Waals surface area contributed by atoms with Crippen LogP contribution in [0.4, 0.5) is 0 Å². The maximum absolute atomic E-state index is 12.7. The molecule has 0 unspecified atom stereocenters. The minimum Gasteiger partial charge on any atom is -0.342 e. The highest BCUT2D eigenvalue weighted by Crippen LogP contribution is 2.23. The van der Waals surface area contributed by atoms with E-state index in [1.165, 1.54) is 6.07 Å². The molecule has 1 aromatic heterocycles. The number of rotatable bonds is 6. The van der Waals surface area contributed by atoms with Crippen molar-refractivity contribution in [3.8, 4) is 11.4 Å². The number of aromatic nitrogens is 2. The van der Waals surface area contributed by atoms with Gasteiger partial charge in [-0.1, -0.05) is 24.2 Å². The lowest BCUT2D eigenvalue weighted by atomic mass is 10.1. The van der Waals surface area contributed by atoms with Crippen LogP contribution in [0.5, 0.6) is 0 Å². The molecular weight excluding hydrogens is 356 g/mol. The van der Waals surface area contributed by atoms with Gasteiger partial charge in [-0.15, -0.1) is 0 Å². The summed E-state index contributed by atoms with van der Waals surface area (Å²) in [5.74, 6) is 0.622. The van der Waals surface area contributed by atoms with E-state index in [0.717, 1.165) is 12.8 Å². The van der Waals surface area contributed by atoms with Gasteiger partial charge >= 0.3 is 0 Å². The molecule has 3 rings (SSSR count). The van der Waals surface area contributed by atoms with E-state index in [-0.39, 0.29) is 17.3 Å². The third-order valence-corrected chi connectivity index (χ3v) is 5.92. The Labute approximate surface area is 152 Å². The van der Waals surface area contributed by atoms with Crippen molar-refractivity contribution in [3.63, 3.8) is 0 Å². The minimum absolute atomic E-state index is 0.104. The fraction of sp³-hybridized carbons (Fsp3) is 0.471. The van der Waals surface area contributed by atoms with Crippen LogP contribution >= 0.6 is 0 Å². The molecule has 1 fully saturated rings. The monoisotopic (exact) mass is 378 g/mol. The lowest BCUT2D eigenvalue weighted by Gasteiger charge is -2.16. The lowest BCUT2D eigenvalue weighted by Crippen LogP contribution is -2.38. The molecule has 9 heteroatoms. The highest BCUT2D eigenvalue weighted by molar-refractivity contribution is 7.89. The van der Waals surface area contributed by atoms with Crippen LogP contribution < -0.4 is 4.72 Å². The van der Waals surface area contributed by atoms with Gasteiger partial charge in [0, 0.05) is 25.1 Å². The summed E-state index contributed by atoms with van der Waals surface area (Å²) in [4.78, 5) is 18.1. The molecule has 0 aliphatic carbocycles. The van der Waals surface area contributed by atoms with E-state index in [2.05, 4.69) is 14.9 Å². The molecule has 0 radical (unpaired) electrons. The van der Waals surface area contributed by atoms with Gasteiger partial charge in [-0.2, -0.15) is 4.98 Å². The predicted molar refractivity (Wildman–Crippen MR) is 94.9 cm³/mol. The van der Waals surface area contributed by atoms with E-state index >= 15 is 0 Å². The van der Waals surface area contributed by atoms with E-state index in [0.29, 0.717) is 42.4 Å². The molecule has 140 valence electrons. The molecule has 26 heavy (non-hydrogen) atoms. The van der Waals surface area contributed by atoms with Crippen LogP contribution in [0.3, 0.4) is 0 Å². The summed E-state index contributed by atoms with van der Waals surface area (Å²) in [7, 11) is -3.83. The first-order valence-electron chi connectivity index (χ1n) is 8.62. The smallest absolute Gasteiger partial charge is 0.241 e. The molecule has 0 spiro atoms. The molecule has 1 N–H and O–H groups in total. The first-order valence-corrected chi connectivity index (χ1v) is 10.1. The number of benzene rings is 1. The standard InChI is InChI=1S/C17H22N4O4S/c1-3-15-19-17(20-25-15)13-7-6-12(2)14(10-13)26(23,24)18-11-16(22)21-8-4-5-9-21/h6-7,10,18H,3-5,8-9,11H2,1-2H3. The van der Waals surface area contributed by atoms with Crippen molar-refractivity contribution in [3.05, 3.63) is 29.7 Å². The van der Waals surface area contributed by atoms with Gasteiger partial charge in [-0.3, -0.25) is 4.79 Å². The topological polar surface area (TPSA) is 105 Å². The van der Waals surface area contributed by atoms with Gasteiger partial charge in [0.1, 0.15) is 0 Å². The molecular formula is C17H22N4O4S. The van der Waals surface area contributed by atoms with Crippen LogP contribution in [0.15, 0.2) is 27.6 Å². The summed E-state index contributed by atoms with van der Waals surface area (Å²) in [6.45, 7) is 4.73. The number of aryl methyl sites for hydroxylation is 2. The van der Waals surface area contributed by atoms with Crippen molar-refractivity contribution >= 4 is 15.9 Å². The van der Waals surface area contributed by atoms with E-state index in [1.807, 2.05) is 6.92 Å². The first kappa shape index (κ1) is 18.5. The normalized spacial score (nSPS) is 14.8. The maximum atomic E-state index is 12.7. The van der Waals surface area contributed by atoms with Crippen LogP contribution in [-0.2, 0) is 21.2 Å². The molecule has 0 saturated carbocycles. The number of carbonyl (C=O) groups excluding carboxylic acids is 1. The third-order valence-electron chi connectivity index (χ3n) is 4.38. The van der Waals surface area contributed by atoms with Crippen LogP contribution in [0.25, 0.3) is 11.4 Å². The SMILES string of the molecule is CCc1nc(-c2ccc(C)c(S(=O)(=O)NCC(=O)N3CCCC3)c2)no1. The second-order valence-corrected chi connectivity index (χ2v) is 7.99. The van der Waals surface area contributed by atoms with Gasteiger partial charge in [0.2, 0.25) is 27.6 Å². The predicted octanol–water partition coefficient (Wildman–Crippen LogP) is 1.51. The van der Waals surface area contributed by atoms with Crippen LogP contribution in [0, 0.1) is 6.92 Å². The molecule has 2 aromatic rings. The Balaban J connectivity index is 1.79.